The van der Waals surface area contributed by atoms with Gasteiger partial charge in [-0.1, -0.05) is 0 Å². The molecule has 0 fully saturated rings. The fraction of sp³-hybridized carbons (Fsp3) is 0.462. The van der Waals surface area contributed by atoms with E-state index < -0.39 is 0 Å². The standard InChI is InChI=1S/C13H18N6O/c1-15-11-10-19-7-5-16-12(19)13(17-11)18(6-3-4-14)8-9-20-2/h5,7,10,15H,3,6,8-9H2,1-2H3. The number of fused-ring (bicyclic) bond motifs is 1. The second kappa shape index (κ2) is 6.73. The Hall–Kier alpha value is -2.33. The van der Waals surface area contributed by atoms with E-state index >= 15 is 0 Å². The first kappa shape index (κ1) is 14.1. The first-order valence-electron chi connectivity index (χ1n) is 6.42. The van der Waals surface area contributed by atoms with Crippen LogP contribution in [0.1, 0.15) is 6.42 Å². The minimum Gasteiger partial charge on any atom is -0.383 e. The van der Waals surface area contributed by atoms with Gasteiger partial charge in [0, 0.05) is 39.6 Å². The Morgan fingerprint density at radius 2 is 2.35 bits per heavy atom. The lowest BCUT2D eigenvalue weighted by molar-refractivity contribution is 0.205. The SMILES string of the molecule is CNc1cn2ccnc2c(N(CCC#N)CCOC)n1. The van der Waals surface area contributed by atoms with Crippen LogP contribution in [0.3, 0.4) is 0 Å². The molecule has 2 aromatic rings. The van der Waals surface area contributed by atoms with Crippen molar-refractivity contribution in [3.05, 3.63) is 18.6 Å². The van der Waals surface area contributed by atoms with Crippen molar-refractivity contribution < 1.29 is 4.74 Å². The molecule has 0 aromatic carbocycles. The molecular formula is C13H18N6O. The Morgan fingerprint density at radius 1 is 1.50 bits per heavy atom. The van der Waals surface area contributed by atoms with Crippen LogP contribution in [0.25, 0.3) is 5.65 Å². The largest absolute Gasteiger partial charge is 0.383 e. The number of rotatable bonds is 7. The predicted octanol–water partition coefficient (Wildman–Crippen LogP) is 1.14. The van der Waals surface area contributed by atoms with Gasteiger partial charge in [-0.15, -0.1) is 0 Å². The summed E-state index contributed by atoms with van der Waals surface area (Å²) in [5.41, 5.74) is 0.776. The fourth-order valence-electron chi connectivity index (χ4n) is 1.96. The third-order valence-electron chi connectivity index (χ3n) is 2.97. The number of nitriles is 1. The van der Waals surface area contributed by atoms with Gasteiger partial charge in [0.1, 0.15) is 5.82 Å². The maximum Gasteiger partial charge on any atom is 0.180 e. The van der Waals surface area contributed by atoms with E-state index in [0.717, 1.165) is 17.3 Å². The van der Waals surface area contributed by atoms with Gasteiger partial charge in [-0.25, -0.2) is 9.97 Å². The second-order valence-electron chi connectivity index (χ2n) is 4.25. The van der Waals surface area contributed by atoms with Crippen LogP contribution in [0.2, 0.25) is 0 Å². The molecule has 0 aliphatic heterocycles. The number of imidazole rings is 1. The molecule has 0 amide bonds. The molecule has 0 unspecified atom stereocenters. The van der Waals surface area contributed by atoms with Gasteiger partial charge >= 0.3 is 0 Å². The van der Waals surface area contributed by atoms with Gasteiger partial charge < -0.3 is 19.4 Å². The molecule has 1 N–H and O–H groups in total. The monoisotopic (exact) mass is 274 g/mol. The van der Waals surface area contributed by atoms with Crippen LogP contribution >= 0.6 is 0 Å². The molecule has 2 rings (SSSR count). The zero-order valence-electron chi connectivity index (χ0n) is 11.7. The number of hydrogen-bond acceptors (Lipinski definition) is 6. The van der Waals surface area contributed by atoms with Gasteiger partial charge in [-0.2, -0.15) is 5.26 Å². The Morgan fingerprint density at radius 3 is 3.05 bits per heavy atom. The third-order valence-corrected chi connectivity index (χ3v) is 2.97. The summed E-state index contributed by atoms with van der Waals surface area (Å²) < 4.78 is 7.05. The lowest BCUT2D eigenvalue weighted by atomic mass is 10.4. The fourth-order valence-corrected chi connectivity index (χ4v) is 1.96. The van der Waals surface area contributed by atoms with E-state index in [1.54, 1.807) is 13.3 Å². The molecule has 7 heteroatoms. The lowest BCUT2D eigenvalue weighted by Crippen LogP contribution is -2.29. The number of nitrogens with zero attached hydrogens (tertiary/aromatic N) is 5. The zero-order valence-corrected chi connectivity index (χ0v) is 11.7. The molecule has 20 heavy (non-hydrogen) atoms. The molecule has 0 radical (unpaired) electrons. The van der Waals surface area contributed by atoms with Crippen molar-refractivity contribution in [3.8, 4) is 6.07 Å². The van der Waals surface area contributed by atoms with Crippen LogP contribution in [0, 0.1) is 11.3 Å². The summed E-state index contributed by atoms with van der Waals surface area (Å²) in [6, 6.07) is 2.16. The van der Waals surface area contributed by atoms with Crippen molar-refractivity contribution in [2.45, 2.75) is 6.42 Å². The van der Waals surface area contributed by atoms with Gasteiger partial charge in [0.2, 0.25) is 0 Å². The summed E-state index contributed by atoms with van der Waals surface area (Å²) >= 11 is 0. The molecular weight excluding hydrogens is 256 g/mol. The van der Waals surface area contributed by atoms with Gasteiger partial charge in [0.25, 0.3) is 0 Å². The highest BCUT2D eigenvalue weighted by molar-refractivity contribution is 5.66. The van der Waals surface area contributed by atoms with Crippen LogP contribution in [-0.4, -0.2) is 48.2 Å². The third kappa shape index (κ3) is 2.97. The highest BCUT2D eigenvalue weighted by atomic mass is 16.5. The summed E-state index contributed by atoms with van der Waals surface area (Å²) in [7, 11) is 3.48. The van der Waals surface area contributed by atoms with Crippen LogP contribution in [0.15, 0.2) is 18.6 Å². The Labute approximate surface area is 117 Å². The number of methoxy groups -OCH3 is 1. The maximum absolute atomic E-state index is 8.80. The van der Waals surface area contributed by atoms with E-state index in [1.165, 1.54) is 0 Å². The van der Waals surface area contributed by atoms with E-state index in [9.17, 15) is 0 Å². The summed E-state index contributed by atoms with van der Waals surface area (Å²) in [5.74, 6) is 1.51. The topological polar surface area (TPSA) is 78.5 Å². The van der Waals surface area contributed by atoms with Crippen LogP contribution < -0.4 is 10.2 Å². The molecule has 0 aliphatic rings. The van der Waals surface area contributed by atoms with Gasteiger partial charge in [-0.05, 0) is 0 Å². The average molecular weight is 274 g/mol. The quantitative estimate of drug-likeness (QED) is 0.815. The van der Waals surface area contributed by atoms with E-state index in [0.29, 0.717) is 26.1 Å². The normalized spacial score (nSPS) is 10.4. The molecule has 106 valence electrons. The molecule has 0 atom stereocenters. The van der Waals surface area contributed by atoms with Crippen LogP contribution in [0.4, 0.5) is 11.6 Å². The number of aromatic nitrogens is 3. The number of nitrogens with one attached hydrogen (secondary N) is 1. The predicted molar refractivity (Wildman–Crippen MR) is 76.9 cm³/mol. The van der Waals surface area contributed by atoms with Crippen molar-refractivity contribution in [1.29, 1.82) is 5.26 Å². The molecule has 7 nitrogen and oxygen atoms in total. The van der Waals surface area contributed by atoms with Gasteiger partial charge in [-0.3, -0.25) is 0 Å². The molecule has 0 bridgehead atoms. The van der Waals surface area contributed by atoms with E-state index in [4.69, 9.17) is 10.00 Å². The minimum absolute atomic E-state index is 0.433. The smallest absolute Gasteiger partial charge is 0.180 e. The molecule has 0 spiro atoms. The van der Waals surface area contributed by atoms with E-state index in [1.807, 2.05) is 28.7 Å². The Kier molecular flexibility index (Phi) is 4.74. The van der Waals surface area contributed by atoms with Crippen molar-refractivity contribution in [1.82, 2.24) is 14.4 Å². The summed E-state index contributed by atoms with van der Waals surface area (Å²) in [4.78, 5) is 10.9. The maximum atomic E-state index is 8.80. The molecule has 0 saturated carbocycles. The molecule has 0 aliphatic carbocycles. The first-order chi connectivity index (χ1) is 9.80. The molecule has 0 saturated heterocycles. The average Bonchev–Trinajstić information content (AvgIpc) is 2.95. The number of ether oxygens (including phenoxy) is 1. The van der Waals surface area contributed by atoms with Crippen molar-refractivity contribution >= 4 is 17.3 Å². The minimum atomic E-state index is 0.433. The highest BCUT2D eigenvalue weighted by Crippen LogP contribution is 2.20. The molecule has 2 aromatic heterocycles. The lowest BCUT2D eigenvalue weighted by Gasteiger charge is -2.23. The highest BCUT2D eigenvalue weighted by Gasteiger charge is 2.14. The second-order valence-corrected chi connectivity index (χ2v) is 4.25. The van der Waals surface area contributed by atoms with E-state index in [2.05, 4.69) is 21.4 Å². The van der Waals surface area contributed by atoms with Crippen molar-refractivity contribution in [2.24, 2.45) is 0 Å². The zero-order chi connectivity index (χ0) is 14.4. The Balaban J connectivity index is 2.39. The van der Waals surface area contributed by atoms with Crippen LogP contribution in [-0.2, 0) is 4.74 Å². The molecule has 2 heterocycles. The van der Waals surface area contributed by atoms with E-state index in [-0.39, 0.29) is 0 Å². The number of hydrogen-bond donors (Lipinski definition) is 1. The van der Waals surface area contributed by atoms with Gasteiger partial charge in [0.05, 0.1) is 25.3 Å². The summed E-state index contributed by atoms with van der Waals surface area (Å²) in [5, 5.41) is 11.8. The first-order valence-corrected chi connectivity index (χ1v) is 6.42. The van der Waals surface area contributed by atoms with Crippen LogP contribution in [0.5, 0.6) is 0 Å². The Bertz CT molecular complexity index is 602. The summed E-state index contributed by atoms with van der Waals surface area (Å²) in [6.45, 7) is 1.84. The van der Waals surface area contributed by atoms with Gasteiger partial charge in [0.15, 0.2) is 11.5 Å². The summed E-state index contributed by atoms with van der Waals surface area (Å²) in [6.07, 6.45) is 5.92. The van der Waals surface area contributed by atoms with Crippen molar-refractivity contribution in [3.63, 3.8) is 0 Å². The number of anilines is 2. The van der Waals surface area contributed by atoms with Crippen molar-refractivity contribution in [2.75, 3.05) is 44.1 Å².